The summed E-state index contributed by atoms with van der Waals surface area (Å²) in [6.45, 7) is 0. The first-order valence-corrected chi connectivity index (χ1v) is 13.1. The maximum absolute atomic E-state index is 11.4. The van der Waals surface area contributed by atoms with E-state index < -0.39 is 19.7 Å². The van der Waals surface area contributed by atoms with Crippen LogP contribution in [0.3, 0.4) is 0 Å². The number of nitro groups is 4. The Labute approximate surface area is 245 Å². The first-order chi connectivity index (χ1) is 20.5. The molecule has 0 spiro atoms. The van der Waals surface area contributed by atoms with Gasteiger partial charge in [0, 0.05) is 71.0 Å². The highest BCUT2D eigenvalue weighted by Gasteiger charge is 2.27. The minimum absolute atomic E-state index is 0.131. The lowest BCUT2D eigenvalue weighted by molar-refractivity contribution is -0.385. The van der Waals surface area contributed by atoms with E-state index in [0.717, 1.165) is 11.3 Å². The van der Waals surface area contributed by atoms with Crippen LogP contribution in [-0.2, 0) is 0 Å². The fourth-order valence-corrected chi connectivity index (χ4v) is 5.63. The van der Waals surface area contributed by atoms with Crippen molar-refractivity contribution in [3.05, 3.63) is 138 Å². The zero-order chi connectivity index (χ0) is 30.8. The number of non-ortho nitro benzene ring substituents is 4. The molecule has 1 heterocycles. The molecule has 43 heavy (non-hydrogen) atoms. The molecule has 0 saturated carbocycles. The predicted octanol–water partition coefficient (Wildman–Crippen LogP) is 7.77. The molecule has 0 atom stereocenters. The lowest BCUT2D eigenvalue weighted by Crippen LogP contribution is -2.10. The Morgan fingerprint density at radius 1 is 0.488 bits per heavy atom. The van der Waals surface area contributed by atoms with Gasteiger partial charge in [0.15, 0.2) is 0 Å². The molecule has 15 heteroatoms. The molecule has 0 radical (unpaired) electrons. The third-order valence-electron chi connectivity index (χ3n) is 6.49. The Balaban J connectivity index is 1.79. The second-order valence-corrected chi connectivity index (χ2v) is 10.0. The molecule has 0 saturated heterocycles. The van der Waals surface area contributed by atoms with Gasteiger partial charge in [-0.25, -0.2) is 0 Å². The lowest BCUT2D eigenvalue weighted by atomic mass is 9.96. The number of nitro benzene ring substituents is 4. The highest BCUT2D eigenvalue weighted by atomic mass is 32.1. The highest BCUT2D eigenvalue weighted by molar-refractivity contribution is 7.21. The van der Waals surface area contributed by atoms with Crippen LogP contribution in [-0.4, -0.2) is 19.7 Å². The van der Waals surface area contributed by atoms with Crippen molar-refractivity contribution < 1.29 is 19.7 Å². The Bertz CT molecular complexity index is 1820. The number of benzene rings is 4. The summed E-state index contributed by atoms with van der Waals surface area (Å²) in [4.78, 5) is 44.8. The third-order valence-corrected chi connectivity index (χ3v) is 7.50. The van der Waals surface area contributed by atoms with Crippen LogP contribution >= 0.6 is 11.3 Å². The fraction of sp³-hybridized carbons (Fsp3) is 0. The van der Waals surface area contributed by atoms with Gasteiger partial charge in [-0.2, -0.15) is 0 Å². The molecule has 14 nitrogen and oxygen atoms in total. The van der Waals surface area contributed by atoms with Crippen LogP contribution in [0, 0.1) is 40.5 Å². The van der Waals surface area contributed by atoms with Gasteiger partial charge in [-0.3, -0.25) is 40.5 Å². The van der Waals surface area contributed by atoms with Gasteiger partial charge in [0.05, 0.1) is 24.7 Å². The highest BCUT2D eigenvalue weighted by Crippen LogP contribution is 2.53. The number of hydrogen-bond acceptors (Lipinski definition) is 11. The summed E-state index contributed by atoms with van der Waals surface area (Å²) in [6.07, 6.45) is 0. The number of nitrogens with zero attached hydrogens (tertiary/aromatic N) is 5. The molecular weight excluding hydrogens is 580 g/mol. The van der Waals surface area contributed by atoms with E-state index in [4.69, 9.17) is 5.73 Å². The summed E-state index contributed by atoms with van der Waals surface area (Å²) in [5.74, 6) is 0. The first kappa shape index (κ1) is 28.3. The summed E-state index contributed by atoms with van der Waals surface area (Å²) >= 11 is 1.14. The smallest absolute Gasteiger partial charge is 0.269 e. The van der Waals surface area contributed by atoms with Crippen LogP contribution < -0.4 is 10.6 Å². The second-order valence-electron chi connectivity index (χ2n) is 9.01. The molecule has 0 bridgehead atoms. The molecule has 4 aromatic carbocycles. The van der Waals surface area contributed by atoms with E-state index in [2.05, 4.69) is 0 Å². The minimum Gasteiger partial charge on any atom is -0.390 e. The average molecular weight is 599 g/mol. The number of nitrogen functional groups attached to an aromatic ring is 1. The van der Waals surface area contributed by atoms with Crippen LogP contribution in [0.2, 0.25) is 0 Å². The van der Waals surface area contributed by atoms with E-state index in [9.17, 15) is 40.5 Å². The van der Waals surface area contributed by atoms with Crippen LogP contribution in [0.4, 0.5) is 44.1 Å². The van der Waals surface area contributed by atoms with Crippen LogP contribution in [0.25, 0.3) is 22.3 Å². The molecule has 0 aliphatic carbocycles. The molecule has 214 valence electrons. The number of anilines is 4. The molecule has 1 aromatic heterocycles. The maximum atomic E-state index is 11.4. The third kappa shape index (κ3) is 5.55. The van der Waals surface area contributed by atoms with Gasteiger partial charge < -0.3 is 10.6 Å². The molecule has 0 amide bonds. The van der Waals surface area contributed by atoms with Gasteiger partial charge >= 0.3 is 0 Å². The monoisotopic (exact) mass is 598 g/mol. The van der Waals surface area contributed by atoms with E-state index in [1.54, 1.807) is 17.0 Å². The zero-order valence-corrected chi connectivity index (χ0v) is 22.5. The molecule has 5 rings (SSSR count). The molecule has 2 N–H and O–H groups in total. The van der Waals surface area contributed by atoms with Crippen molar-refractivity contribution in [1.29, 1.82) is 0 Å². The average Bonchev–Trinajstić information content (AvgIpc) is 3.34. The van der Waals surface area contributed by atoms with Crippen LogP contribution in [0.1, 0.15) is 0 Å². The van der Waals surface area contributed by atoms with Crippen molar-refractivity contribution in [2.75, 3.05) is 10.6 Å². The van der Waals surface area contributed by atoms with Gasteiger partial charge in [-0.1, -0.05) is 11.3 Å². The van der Waals surface area contributed by atoms with Gasteiger partial charge in [-0.05, 0) is 59.7 Å². The number of thiophene rings is 1. The molecular formula is C28H18N6O8S. The zero-order valence-electron chi connectivity index (χ0n) is 21.7. The van der Waals surface area contributed by atoms with Crippen molar-refractivity contribution in [3.63, 3.8) is 0 Å². The standard InChI is InChI=1S/C28H18N6O8S/c29-27-25(17-1-5-21(6-2-17)31(35)36)26(18-3-7-22(8-4-18)32(37)38)28(43-27)30(19-9-13-23(14-10-19)33(39)40)20-11-15-24(16-12-20)34(41)42/h1-16H,29H2. The van der Waals surface area contributed by atoms with Gasteiger partial charge in [0.2, 0.25) is 0 Å². The Morgan fingerprint density at radius 2 is 0.791 bits per heavy atom. The van der Waals surface area contributed by atoms with E-state index in [-0.39, 0.29) is 22.7 Å². The minimum atomic E-state index is -0.544. The van der Waals surface area contributed by atoms with Gasteiger partial charge in [0.25, 0.3) is 22.7 Å². The number of nitrogens with two attached hydrogens (primary N) is 1. The quantitative estimate of drug-likeness (QED) is 0.129. The summed E-state index contributed by atoms with van der Waals surface area (Å²) in [5.41, 5.74) is 8.99. The van der Waals surface area contributed by atoms with Crippen molar-refractivity contribution in [3.8, 4) is 22.3 Å². The van der Waals surface area contributed by atoms with Crippen molar-refractivity contribution in [1.82, 2.24) is 0 Å². The SMILES string of the molecule is Nc1sc(N(c2ccc([N+](=O)[O-])cc2)c2ccc([N+](=O)[O-])cc2)c(-c2ccc([N+](=O)[O-])cc2)c1-c1ccc([N+](=O)[O-])cc1. The summed E-state index contributed by atoms with van der Waals surface area (Å²) < 4.78 is 0. The maximum Gasteiger partial charge on any atom is 0.269 e. The van der Waals surface area contributed by atoms with E-state index >= 15 is 0 Å². The summed E-state index contributed by atoms with van der Waals surface area (Å²) in [7, 11) is 0. The van der Waals surface area contributed by atoms with E-state index in [1.165, 1.54) is 84.9 Å². The van der Waals surface area contributed by atoms with Crippen molar-refractivity contribution >= 4 is 55.5 Å². The second kappa shape index (κ2) is 11.3. The topological polar surface area (TPSA) is 202 Å². The summed E-state index contributed by atoms with van der Waals surface area (Å²) in [6, 6.07) is 22.8. The van der Waals surface area contributed by atoms with Gasteiger partial charge in [-0.15, -0.1) is 0 Å². The van der Waals surface area contributed by atoms with Crippen LogP contribution in [0.15, 0.2) is 97.1 Å². The molecule has 0 unspecified atom stereocenters. The molecule has 5 aromatic rings. The summed E-state index contributed by atoms with van der Waals surface area (Å²) in [5, 5.41) is 46.1. The molecule has 0 fully saturated rings. The Kier molecular flexibility index (Phi) is 7.47. The number of hydrogen-bond donors (Lipinski definition) is 1. The number of rotatable bonds is 9. The normalized spacial score (nSPS) is 10.7. The molecule has 0 aliphatic heterocycles. The van der Waals surface area contributed by atoms with Crippen LogP contribution in [0.5, 0.6) is 0 Å². The van der Waals surface area contributed by atoms with E-state index in [0.29, 0.717) is 43.6 Å². The fourth-order valence-electron chi connectivity index (χ4n) is 4.48. The van der Waals surface area contributed by atoms with Crippen molar-refractivity contribution in [2.45, 2.75) is 0 Å². The van der Waals surface area contributed by atoms with Gasteiger partial charge in [0.1, 0.15) is 5.00 Å². The lowest BCUT2D eigenvalue weighted by Gasteiger charge is -2.25. The predicted molar refractivity (Wildman–Crippen MR) is 161 cm³/mol. The Morgan fingerprint density at radius 3 is 1.12 bits per heavy atom. The Hall–Kier alpha value is -6.22. The first-order valence-electron chi connectivity index (χ1n) is 12.3. The molecule has 0 aliphatic rings. The van der Waals surface area contributed by atoms with Crippen molar-refractivity contribution in [2.24, 2.45) is 0 Å². The largest absolute Gasteiger partial charge is 0.390 e. The van der Waals surface area contributed by atoms with E-state index in [1.807, 2.05) is 0 Å².